The molecule has 44 heavy (non-hydrogen) atoms. The Bertz CT molecular complexity index is 2100. The fourth-order valence-corrected chi connectivity index (χ4v) is 7.35. The summed E-state index contributed by atoms with van der Waals surface area (Å²) in [6.07, 6.45) is 3.69. The normalized spacial score (nSPS) is 15.7. The predicted octanol–water partition coefficient (Wildman–Crippen LogP) is 7.71. The van der Waals surface area contributed by atoms with Crippen molar-refractivity contribution in [3.05, 3.63) is 154 Å². The van der Waals surface area contributed by atoms with Crippen molar-refractivity contribution in [1.29, 1.82) is 0 Å². The molecule has 5 nitrogen and oxygen atoms in total. The summed E-state index contributed by atoms with van der Waals surface area (Å²) in [5.41, 5.74) is 7.39. The lowest BCUT2D eigenvalue weighted by Gasteiger charge is -2.30. The Morgan fingerprint density at radius 1 is 0.977 bits per heavy atom. The van der Waals surface area contributed by atoms with E-state index >= 15 is 0 Å². The van der Waals surface area contributed by atoms with Crippen LogP contribution >= 0.6 is 38.9 Å². The minimum Gasteiger partial charge on any atom is -0.490 e. The average Bonchev–Trinajstić information content (AvgIpc) is 3.35. The first-order valence-corrected chi connectivity index (χ1v) is 16.5. The Morgan fingerprint density at radius 2 is 1.77 bits per heavy atom. The van der Waals surface area contributed by atoms with Crippen molar-refractivity contribution in [2.45, 2.75) is 32.4 Å². The molecule has 1 aliphatic carbocycles. The standard InChI is InChI=1S/C36H28BrClN2O3S/c1-2-42-31-19-22(11-18-30(31)43-21-25-8-4-6-10-29(25)38)20-32-35(41)40-34(24-12-15-26(37)16-13-24)28-17-14-23-7-3-5-9-27(23)33(28)39-36(40)44-32/h3-13,15-16,18-20,34H,2,14,17,21H2,1H3/b32-20+/t34-/m1/s1. The molecule has 2 aliphatic rings. The molecule has 0 amide bonds. The second-order valence-corrected chi connectivity index (χ2v) is 13.0. The van der Waals surface area contributed by atoms with E-state index < -0.39 is 0 Å². The van der Waals surface area contributed by atoms with Gasteiger partial charge in [0.1, 0.15) is 6.61 Å². The molecule has 0 N–H and O–H groups in total. The third kappa shape index (κ3) is 5.45. The SMILES string of the molecule is CCOc1cc(/C=c2/sc3n(c2=O)[C@H](c2ccc(Br)cc2)C2=C(N=3)c3ccccc3CC2)ccc1OCc1ccccc1Cl. The van der Waals surface area contributed by atoms with E-state index in [0.29, 0.717) is 39.1 Å². The maximum Gasteiger partial charge on any atom is 0.271 e. The summed E-state index contributed by atoms with van der Waals surface area (Å²) < 4.78 is 15.5. The zero-order valence-electron chi connectivity index (χ0n) is 23.9. The number of rotatable bonds is 7. The fourth-order valence-electron chi connectivity index (χ4n) is 5.89. The number of ether oxygens (including phenoxy) is 2. The van der Waals surface area contributed by atoms with Gasteiger partial charge in [0, 0.05) is 20.6 Å². The highest BCUT2D eigenvalue weighted by Crippen LogP contribution is 2.41. The van der Waals surface area contributed by atoms with E-state index in [1.54, 1.807) is 0 Å². The maximum atomic E-state index is 14.1. The molecule has 2 heterocycles. The summed E-state index contributed by atoms with van der Waals surface area (Å²) in [6.45, 7) is 2.74. The maximum absolute atomic E-state index is 14.1. The molecule has 8 heteroatoms. The van der Waals surface area contributed by atoms with E-state index in [1.165, 1.54) is 22.5 Å². The van der Waals surface area contributed by atoms with Crippen molar-refractivity contribution in [2.24, 2.45) is 4.99 Å². The lowest BCUT2D eigenvalue weighted by molar-refractivity contribution is 0.269. The molecule has 0 spiro atoms. The highest BCUT2D eigenvalue weighted by Gasteiger charge is 2.32. The van der Waals surface area contributed by atoms with Gasteiger partial charge in [0.15, 0.2) is 16.3 Å². The van der Waals surface area contributed by atoms with Gasteiger partial charge in [-0.25, -0.2) is 4.99 Å². The Hall–Kier alpha value is -3.91. The van der Waals surface area contributed by atoms with Gasteiger partial charge in [-0.3, -0.25) is 9.36 Å². The molecule has 4 aromatic carbocycles. The van der Waals surface area contributed by atoms with Gasteiger partial charge in [-0.15, -0.1) is 0 Å². The number of aromatic nitrogens is 1. The molecule has 0 bridgehead atoms. The van der Waals surface area contributed by atoms with Gasteiger partial charge in [-0.1, -0.05) is 99.5 Å². The first-order chi connectivity index (χ1) is 21.5. The van der Waals surface area contributed by atoms with Gasteiger partial charge < -0.3 is 9.47 Å². The molecular weight excluding hydrogens is 656 g/mol. The summed E-state index contributed by atoms with van der Waals surface area (Å²) in [5, 5.41) is 0.657. The molecule has 1 atom stereocenters. The van der Waals surface area contributed by atoms with Crippen LogP contribution in [0.15, 0.2) is 111 Å². The van der Waals surface area contributed by atoms with Gasteiger partial charge in [0.2, 0.25) is 0 Å². The van der Waals surface area contributed by atoms with E-state index in [4.69, 9.17) is 26.1 Å². The molecule has 7 rings (SSSR count). The number of thiazole rings is 1. The van der Waals surface area contributed by atoms with Crippen LogP contribution in [0.25, 0.3) is 11.8 Å². The van der Waals surface area contributed by atoms with Gasteiger partial charge in [0.05, 0.1) is 22.9 Å². The third-order valence-electron chi connectivity index (χ3n) is 7.97. The van der Waals surface area contributed by atoms with Gasteiger partial charge >= 0.3 is 0 Å². The van der Waals surface area contributed by atoms with Crippen molar-refractivity contribution in [3.8, 4) is 11.5 Å². The zero-order chi connectivity index (χ0) is 30.2. The van der Waals surface area contributed by atoms with Crippen LogP contribution < -0.4 is 24.4 Å². The molecule has 220 valence electrons. The highest BCUT2D eigenvalue weighted by atomic mass is 79.9. The number of aryl methyl sites for hydroxylation is 1. The molecule has 1 aromatic heterocycles. The number of hydrogen-bond donors (Lipinski definition) is 0. The molecule has 0 fully saturated rings. The summed E-state index contributed by atoms with van der Waals surface area (Å²) in [6, 6.07) is 29.9. The lowest BCUT2D eigenvalue weighted by atomic mass is 9.83. The van der Waals surface area contributed by atoms with E-state index in [0.717, 1.165) is 45.3 Å². The number of allylic oxidation sites excluding steroid dienone is 1. The summed E-state index contributed by atoms with van der Waals surface area (Å²) in [7, 11) is 0. The first kappa shape index (κ1) is 28.8. The molecule has 1 aliphatic heterocycles. The van der Waals surface area contributed by atoms with Crippen molar-refractivity contribution < 1.29 is 9.47 Å². The van der Waals surface area contributed by atoms with Gasteiger partial charge in [0.25, 0.3) is 5.56 Å². The van der Waals surface area contributed by atoms with E-state index in [1.807, 2.05) is 72.2 Å². The van der Waals surface area contributed by atoms with Crippen LogP contribution in [0.4, 0.5) is 0 Å². The lowest BCUT2D eigenvalue weighted by Crippen LogP contribution is -2.38. The number of halogens is 2. The summed E-state index contributed by atoms with van der Waals surface area (Å²) in [5.74, 6) is 1.23. The molecular formula is C36H28BrClN2O3S. The Kier molecular flexibility index (Phi) is 8.02. The first-order valence-electron chi connectivity index (χ1n) is 14.5. The van der Waals surface area contributed by atoms with Crippen LogP contribution in [-0.4, -0.2) is 11.2 Å². The molecule has 0 saturated heterocycles. The summed E-state index contributed by atoms with van der Waals surface area (Å²) in [4.78, 5) is 20.0. The second kappa shape index (κ2) is 12.2. The molecule has 0 unspecified atom stereocenters. The predicted molar refractivity (Wildman–Crippen MR) is 180 cm³/mol. The van der Waals surface area contributed by atoms with Crippen LogP contribution in [0.3, 0.4) is 0 Å². The van der Waals surface area contributed by atoms with Crippen molar-refractivity contribution >= 4 is 50.6 Å². The molecule has 0 radical (unpaired) electrons. The van der Waals surface area contributed by atoms with E-state index in [-0.39, 0.29) is 11.6 Å². The molecule has 0 saturated carbocycles. The number of nitrogens with zero attached hydrogens (tertiary/aromatic N) is 2. The van der Waals surface area contributed by atoms with Crippen LogP contribution in [0.5, 0.6) is 11.5 Å². The minimum atomic E-state index is -0.218. The van der Waals surface area contributed by atoms with Gasteiger partial charge in [-0.2, -0.15) is 0 Å². The Morgan fingerprint density at radius 3 is 2.59 bits per heavy atom. The quantitative estimate of drug-likeness (QED) is 0.177. The monoisotopic (exact) mass is 682 g/mol. The number of hydrogen-bond acceptors (Lipinski definition) is 5. The van der Waals surface area contributed by atoms with Crippen LogP contribution in [0.2, 0.25) is 5.02 Å². The molecule has 5 aromatic rings. The largest absolute Gasteiger partial charge is 0.490 e. The number of benzene rings is 4. The van der Waals surface area contributed by atoms with E-state index in [2.05, 4.69) is 52.3 Å². The Balaban J connectivity index is 1.31. The van der Waals surface area contributed by atoms with Crippen LogP contribution in [-0.2, 0) is 13.0 Å². The topological polar surface area (TPSA) is 52.8 Å². The fraction of sp³-hybridized carbons (Fsp3) is 0.167. The second-order valence-electron chi connectivity index (χ2n) is 10.7. The van der Waals surface area contributed by atoms with Crippen molar-refractivity contribution in [2.75, 3.05) is 6.61 Å². The smallest absolute Gasteiger partial charge is 0.271 e. The van der Waals surface area contributed by atoms with E-state index in [9.17, 15) is 4.79 Å². The minimum absolute atomic E-state index is 0.0518. The van der Waals surface area contributed by atoms with Crippen LogP contribution in [0.1, 0.15) is 47.2 Å². The van der Waals surface area contributed by atoms with Crippen LogP contribution in [0, 0.1) is 0 Å². The average molecular weight is 684 g/mol. The summed E-state index contributed by atoms with van der Waals surface area (Å²) >= 11 is 11.3. The van der Waals surface area contributed by atoms with Crippen molar-refractivity contribution in [3.63, 3.8) is 0 Å². The third-order valence-corrected chi connectivity index (χ3v) is 9.85. The van der Waals surface area contributed by atoms with Crippen molar-refractivity contribution in [1.82, 2.24) is 4.57 Å². The zero-order valence-corrected chi connectivity index (χ0v) is 27.1. The Labute approximate surface area is 272 Å². The highest BCUT2D eigenvalue weighted by molar-refractivity contribution is 9.10. The number of fused-ring (bicyclic) bond motifs is 3. The van der Waals surface area contributed by atoms with Gasteiger partial charge in [-0.05, 0) is 78.4 Å².